The third-order valence-corrected chi connectivity index (χ3v) is 0.698. The summed E-state index contributed by atoms with van der Waals surface area (Å²) < 4.78 is 4.64. The average molecular weight is 195 g/mol. The lowest BCUT2D eigenvalue weighted by Crippen LogP contribution is -1.98. The van der Waals surface area contributed by atoms with E-state index >= 15 is 0 Å². The number of nitrogens with zero attached hydrogens (tertiary/aromatic N) is 2. The third kappa shape index (κ3) is 6.97. The molecular formula is C5H11ClN4O2. The molecule has 0 saturated heterocycles. The van der Waals surface area contributed by atoms with Crippen LogP contribution in [0.25, 0.3) is 0 Å². The van der Waals surface area contributed by atoms with Gasteiger partial charge in [-0.1, -0.05) is 0 Å². The normalized spacial score (nSPS) is 7.17. The minimum atomic E-state index is 0. The molecule has 6 nitrogen and oxygen atoms in total. The van der Waals surface area contributed by atoms with Crippen LogP contribution in [0.3, 0.4) is 0 Å². The van der Waals surface area contributed by atoms with Gasteiger partial charge in [-0.25, -0.2) is 0 Å². The number of hydrogen-bond donors (Lipinski definition) is 2. The van der Waals surface area contributed by atoms with Crippen LogP contribution in [0.5, 0.6) is 0 Å². The molecule has 0 aliphatic rings. The predicted octanol–water partition coefficient (Wildman–Crippen LogP) is -0.688. The molecule has 0 unspecified atom stereocenters. The van der Waals surface area contributed by atoms with Crippen LogP contribution in [0.15, 0.2) is 10.8 Å². The Morgan fingerprint density at radius 3 is 2.58 bits per heavy atom. The van der Waals surface area contributed by atoms with Gasteiger partial charge in [0.1, 0.15) is 0 Å². The molecule has 1 amide bonds. The van der Waals surface area contributed by atoms with Gasteiger partial charge in [-0.3, -0.25) is 4.79 Å². The lowest BCUT2D eigenvalue weighted by molar-refractivity contribution is -0.109. The quantitative estimate of drug-likeness (QED) is 0.608. The van der Waals surface area contributed by atoms with E-state index in [9.17, 15) is 0 Å². The molecule has 1 rings (SSSR count). The highest BCUT2D eigenvalue weighted by Crippen LogP contribution is 1.84. The summed E-state index contributed by atoms with van der Waals surface area (Å²) in [5, 5.41) is 9.14. The number of hydrogen-bond acceptors (Lipinski definition) is 5. The minimum Gasteiger partial charge on any atom is -0.427 e. The van der Waals surface area contributed by atoms with Gasteiger partial charge in [-0.2, -0.15) is 0 Å². The van der Waals surface area contributed by atoms with Crippen LogP contribution >= 0.6 is 12.4 Å². The van der Waals surface area contributed by atoms with E-state index in [0.29, 0.717) is 18.8 Å². The zero-order chi connectivity index (χ0) is 8.53. The largest absolute Gasteiger partial charge is 0.427 e. The Kier molecular flexibility index (Phi) is 11.1. The SMILES string of the molecule is CNC=O.Cl.NCc1nnco1. The summed E-state index contributed by atoms with van der Waals surface area (Å²) in [6.45, 7) is 0.319. The fourth-order valence-corrected chi connectivity index (χ4v) is 0.285. The van der Waals surface area contributed by atoms with Gasteiger partial charge in [-0.15, -0.1) is 22.6 Å². The summed E-state index contributed by atoms with van der Waals surface area (Å²) >= 11 is 0. The van der Waals surface area contributed by atoms with Crippen LogP contribution in [0, 0.1) is 0 Å². The first-order valence-corrected chi connectivity index (χ1v) is 2.91. The summed E-state index contributed by atoms with van der Waals surface area (Å²) in [5.41, 5.74) is 5.10. The maximum absolute atomic E-state index is 9.06. The Hall–Kier alpha value is -1.14. The summed E-state index contributed by atoms with van der Waals surface area (Å²) in [5.74, 6) is 0.472. The number of aromatic nitrogens is 2. The molecule has 1 heterocycles. The van der Waals surface area contributed by atoms with Crippen molar-refractivity contribution >= 4 is 18.8 Å². The van der Waals surface area contributed by atoms with Crippen molar-refractivity contribution in [2.45, 2.75) is 6.54 Å². The van der Waals surface area contributed by atoms with E-state index in [0.717, 1.165) is 0 Å². The number of rotatable bonds is 2. The lowest BCUT2D eigenvalue weighted by Gasteiger charge is -1.75. The monoisotopic (exact) mass is 194 g/mol. The smallest absolute Gasteiger partial charge is 0.229 e. The number of nitrogens with one attached hydrogen (secondary N) is 1. The van der Waals surface area contributed by atoms with Crippen molar-refractivity contribution in [2.75, 3.05) is 7.05 Å². The molecule has 1 aromatic heterocycles. The highest BCUT2D eigenvalue weighted by atomic mass is 35.5. The van der Waals surface area contributed by atoms with E-state index in [1.807, 2.05) is 0 Å². The van der Waals surface area contributed by atoms with Crippen molar-refractivity contribution in [3.63, 3.8) is 0 Å². The predicted molar refractivity (Wildman–Crippen MR) is 44.6 cm³/mol. The van der Waals surface area contributed by atoms with Gasteiger partial charge in [0.15, 0.2) is 0 Å². The number of carbonyl (C=O) groups excluding carboxylic acids is 1. The average Bonchev–Trinajstić information content (AvgIpc) is 2.56. The first kappa shape index (κ1) is 13.4. The fraction of sp³-hybridized carbons (Fsp3) is 0.400. The van der Waals surface area contributed by atoms with E-state index in [4.69, 9.17) is 10.5 Å². The molecule has 0 atom stereocenters. The molecule has 3 N–H and O–H groups in total. The van der Waals surface area contributed by atoms with Crippen LogP contribution in [0.4, 0.5) is 0 Å². The van der Waals surface area contributed by atoms with Crippen molar-refractivity contribution in [3.8, 4) is 0 Å². The van der Waals surface area contributed by atoms with Crippen LogP contribution in [0.2, 0.25) is 0 Å². The van der Waals surface area contributed by atoms with Crippen molar-refractivity contribution in [3.05, 3.63) is 12.3 Å². The van der Waals surface area contributed by atoms with Crippen LogP contribution in [-0.2, 0) is 11.3 Å². The Morgan fingerprint density at radius 2 is 2.42 bits per heavy atom. The highest BCUT2D eigenvalue weighted by Gasteiger charge is 1.88. The summed E-state index contributed by atoms with van der Waals surface area (Å²) in [7, 11) is 1.56. The molecule has 0 bridgehead atoms. The number of amides is 1. The molecule has 12 heavy (non-hydrogen) atoms. The second-order valence-electron chi connectivity index (χ2n) is 1.44. The van der Waals surface area contributed by atoms with Crippen molar-refractivity contribution < 1.29 is 9.21 Å². The van der Waals surface area contributed by atoms with E-state index < -0.39 is 0 Å². The van der Waals surface area contributed by atoms with Crippen molar-refractivity contribution in [2.24, 2.45) is 5.73 Å². The summed E-state index contributed by atoms with van der Waals surface area (Å²) in [6.07, 6.45) is 1.88. The minimum absolute atomic E-state index is 0. The standard InChI is InChI=1S/C3H5N3O.C2H5NO.ClH/c4-1-3-6-5-2-7-3;1-3-2-4;/h2H,1,4H2;2H,1H3,(H,3,4);1H. The third-order valence-electron chi connectivity index (χ3n) is 0.698. The Bertz CT molecular complexity index is 180. The van der Waals surface area contributed by atoms with Gasteiger partial charge < -0.3 is 15.5 Å². The van der Waals surface area contributed by atoms with E-state index in [1.54, 1.807) is 7.05 Å². The Labute approximate surface area is 75.9 Å². The molecule has 70 valence electrons. The second kappa shape index (κ2) is 9.86. The number of nitrogens with two attached hydrogens (primary N) is 1. The van der Waals surface area contributed by atoms with Crippen molar-refractivity contribution in [1.29, 1.82) is 0 Å². The molecule has 7 heteroatoms. The fourth-order valence-electron chi connectivity index (χ4n) is 0.285. The van der Waals surface area contributed by atoms with E-state index in [2.05, 4.69) is 19.9 Å². The second-order valence-corrected chi connectivity index (χ2v) is 1.44. The first-order valence-electron chi connectivity index (χ1n) is 2.91. The van der Waals surface area contributed by atoms with Crippen LogP contribution in [-0.4, -0.2) is 23.7 Å². The topological polar surface area (TPSA) is 94.0 Å². The van der Waals surface area contributed by atoms with Gasteiger partial charge in [0.2, 0.25) is 18.7 Å². The van der Waals surface area contributed by atoms with Gasteiger partial charge in [0.25, 0.3) is 0 Å². The van der Waals surface area contributed by atoms with Gasteiger partial charge >= 0.3 is 0 Å². The first-order chi connectivity index (χ1) is 5.35. The molecule has 0 aromatic carbocycles. The molecule has 1 aromatic rings. The van der Waals surface area contributed by atoms with Gasteiger partial charge in [-0.05, 0) is 0 Å². The Balaban J connectivity index is 0. The van der Waals surface area contributed by atoms with Crippen LogP contribution < -0.4 is 11.1 Å². The number of halogens is 1. The van der Waals surface area contributed by atoms with E-state index in [-0.39, 0.29) is 12.4 Å². The Morgan fingerprint density at radius 1 is 1.83 bits per heavy atom. The molecule has 0 radical (unpaired) electrons. The zero-order valence-corrected chi connectivity index (χ0v) is 7.37. The molecule has 0 aliphatic heterocycles. The molecule has 0 fully saturated rings. The zero-order valence-electron chi connectivity index (χ0n) is 6.56. The number of carbonyl (C=O) groups is 1. The molecule has 0 aliphatic carbocycles. The highest BCUT2D eigenvalue weighted by molar-refractivity contribution is 5.85. The molecule has 0 spiro atoms. The maximum Gasteiger partial charge on any atom is 0.229 e. The lowest BCUT2D eigenvalue weighted by atomic mass is 10.7. The molecular weight excluding hydrogens is 184 g/mol. The summed E-state index contributed by atoms with van der Waals surface area (Å²) in [6, 6.07) is 0. The van der Waals surface area contributed by atoms with Crippen LogP contribution in [0.1, 0.15) is 5.89 Å². The van der Waals surface area contributed by atoms with Gasteiger partial charge in [0, 0.05) is 7.05 Å². The molecule has 0 saturated carbocycles. The van der Waals surface area contributed by atoms with Crippen molar-refractivity contribution in [1.82, 2.24) is 15.5 Å². The maximum atomic E-state index is 9.06. The van der Waals surface area contributed by atoms with E-state index in [1.165, 1.54) is 6.39 Å². The van der Waals surface area contributed by atoms with Gasteiger partial charge in [0.05, 0.1) is 6.54 Å². The summed E-state index contributed by atoms with van der Waals surface area (Å²) in [4.78, 5) is 9.06.